The molecule has 1 aromatic heterocycles. The molecule has 3 N–H and O–H groups in total. The monoisotopic (exact) mass is 692 g/mol. The van der Waals surface area contributed by atoms with Gasteiger partial charge in [0, 0.05) is 24.9 Å². The molecule has 3 aromatic rings. The lowest BCUT2D eigenvalue weighted by Gasteiger charge is -2.19. The summed E-state index contributed by atoms with van der Waals surface area (Å²) in [5, 5.41) is 9.02. The minimum absolute atomic E-state index is 0.0421. The van der Waals surface area contributed by atoms with Crippen molar-refractivity contribution < 1.29 is 36.6 Å². The fourth-order valence-electron chi connectivity index (χ4n) is 6.01. The molecule has 0 bridgehead atoms. The fourth-order valence-corrected chi connectivity index (χ4v) is 6.01. The van der Waals surface area contributed by atoms with Gasteiger partial charge >= 0.3 is 17.8 Å². The zero-order chi connectivity index (χ0) is 36.5. The molecule has 1 amide bonds. The number of halogens is 5. The van der Waals surface area contributed by atoms with E-state index in [1.54, 1.807) is 20.0 Å². The first-order valence-electron chi connectivity index (χ1n) is 16.5. The number of rotatable bonds is 18. The third kappa shape index (κ3) is 10.9. The normalized spacial score (nSPS) is 12.4. The molecular formula is C36H45F5N4O4. The fraction of sp³-hybridized carbons (Fsp3) is 0.500. The highest BCUT2D eigenvalue weighted by Crippen LogP contribution is 2.39. The highest BCUT2D eigenvalue weighted by molar-refractivity contribution is 5.78. The number of carboxylic acid groups (broad SMARTS) is 1. The average molecular weight is 693 g/mol. The molecule has 0 aliphatic carbocycles. The van der Waals surface area contributed by atoms with E-state index in [2.05, 4.69) is 9.88 Å². The highest BCUT2D eigenvalue weighted by atomic mass is 19.4. The number of carbonyl (C=O) groups is 2. The molecule has 3 rings (SSSR count). The van der Waals surface area contributed by atoms with Crippen LogP contribution in [0.15, 0.2) is 35.3 Å². The van der Waals surface area contributed by atoms with Crippen molar-refractivity contribution in [2.45, 2.75) is 97.2 Å². The van der Waals surface area contributed by atoms with E-state index in [1.807, 2.05) is 14.0 Å². The SMILES string of the molecule is CCN(C)CCc1cn(C(CCCCCCCc2cc(F)cc(C)c2-c2cc(CCC(=O)O)c(F)c(C(F)(F)F)c2)C(N)=O)c(=O)nc1C. The van der Waals surface area contributed by atoms with Crippen LogP contribution in [0.25, 0.3) is 11.1 Å². The minimum atomic E-state index is -5.02. The van der Waals surface area contributed by atoms with Gasteiger partial charge in [-0.15, -0.1) is 0 Å². The number of benzene rings is 2. The third-order valence-corrected chi connectivity index (χ3v) is 8.87. The Bertz CT molecular complexity index is 1690. The van der Waals surface area contributed by atoms with E-state index in [1.165, 1.54) is 22.8 Å². The summed E-state index contributed by atoms with van der Waals surface area (Å²) in [4.78, 5) is 42.4. The van der Waals surface area contributed by atoms with Crippen LogP contribution in [0, 0.1) is 25.5 Å². The van der Waals surface area contributed by atoms with Crippen LogP contribution >= 0.6 is 0 Å². The predicted molar refractivity (Wildman–Crippen MR) is 177 cm³/mol. The van der Waals surface area contributed by atoms with E-state index in [9.17, 15) is 36.3 Å². The summed E-state index contributed by atoms with van der Waals surface area (Å²) in [7, 11) is 1.99. The average Bonchev–Trinajstić information content (AvgIpc) is 3.00. The first-order chi connectivity index (χ1) is 23.0. The number of aromatic nitrogens is 2. The molecule has 13 heteroatoms. The number of aryl methyl sites for hydroxylation is 4. The molecule has 0 aliphatic heterocycles. The predicted octanol–water partition coefficient (Wildman–Crippen LogP) is 6.95. The smallest absolute Gasteiger partial charge is 0.419 e. The third-order valence-electron chi connectivity index (χ3n) is 8.87. The molecule has 0 fully saturated rings. The van der Waals surface area contributed by atoms with Crippen LogP contribution in [0.1, 0.15) is 91.4 Å². The van der Waals surface area contributed by atoms with Crippen LogP contribution in [0.5, 0.6) is 0 Å². The number of alkyl halides is 3. The maximum absolute atomic E-state index is 14.8. The van der Waals surface area contributed by atoms with Crippen LogP contribution in [-0.4, -0.2) is 51.6 Å². The summed E-state index contributed by atoms with van der Waals surface area (Å²) in [5.74, 6) is -3.97. The van der Waals surface area contributed by atoms with Crippen LogP contribution in [0.4, 0.5) is 22.0 Å². The number of amides is 1. The van der Waals surface area contributed by atoms with Gasteiger partial charge < -0.3 is 15.7 Å². The molecule has 268 valence electrons. The number of carboxylic acids is 1. The molecule has 0 radical (unpaired) electrons. The Balaban J connectivity index is 1.69. The lowest BCUT2D eigenvalue weighted by atomic mass is 9.89. The second kappa shape index (κ2) is 17.5. The molecule has 8 nitrogen and oxygen atoms in total. The number of hydrogen-bond acceptors (Lipinski definition) is 5. The number of nitrogens with two attached hydrogens (primary N) is 1. The van der Waals surface area contributed by atoms with E-state index in [-0.39, 0.29) is 11.1 Å². The number of aliphatic carboxylic acids is 1. The van der Waals surface area contributed by atoms with Crippen LogP contribution in [-0.2, 0) is 35.0 Å². The van der Waals surface area contributed by atoms with Crippen LogP contribution in [0.3, 0.4) is 0 Å². The minimum Gasteiger partial charge on any atom is -0.481 e. The zero-order valence-electron chi connectivity index (χ0n) is 28.4. The van der Waals surface area contributed by atoms with E-state index >= 15 is 0 Å². The van der Waals surface area contributed by atoms with Gasteiger partial charge in [0.25, 0.3) is 0 Å². The van der Waals surface area contributed by atoms with Crippen molar-refractivity contribution in [3.8, 4) is 11.1 Å². The lowest BCUT2D eigenvalue weighted by Crippen LogP contribution is -2.36. The first kappa shape index (κ1) is 39.3. The number of nitrogens with zero attached hydrogens (tertiary/aromatic N) is 3. The molecule has 1 atom stereocenters. The van der Waals surface area contributed by atoms with Crippen molar-refractivity contribution in [1.82, 2.24) is 14.5 Å². The molecule has 0 aliphatic rings. The van der Waals surface area contributed by atoms with E-state index in [0.29, 0.717) is 73.4 Å². The maximum atomic E-state index is 14.8. The molecular weight excluding hydrogens is 647 g/mol. The Morgan fingerprint density at radius 3 is 2.27 bits per heavy atom. The lowest BCUT2D eigenvalue weighted by molar-refractivity contribution is -0.140. The topological polar surface area (TPSA) is 119 Å². The van der Waals surface area contributed by atoms with E-state index < -0.39 is 59.8 Å². The Hall–Kier alpha value is -4.13. The standard InChI is InChI=1S/C36H45F5N4O4/c1-5-44(4)16-15-26-21-45(35(49)43-23(26)3)30(34(42)48)12-10-8-6-7-9-11-24-19-28(37)17-22(2)32(24)27-18-25(13-14-31(46)47)33(38)29(20-27)36(39,40)41/h17-21,30H,5-16H2,1-4H3,(H2,42,48)(H,46,47). The number of primary amides is 1. The molecule has 1 unspecified atom stereocenters. The second-order valence-electron chi connectivity index (χ2n) is 12.6. The Labute approximate surface area is 283 Å². The summed E-state index contributed by atoms with van der Waals surface area (Å²) in [6, 6.07) is 3.52. The Morgan fingerprint density at radius 2 is 1.63 bits per heavy atom. The molecule has 0 spiro atoms. The molecule has 0 saturated heterocycles. The zero-order valence-corrected chi connectivity index (χ0v) is 28.4. The van der Waals surface area contributed by atoms with Gasteiger partial charge in [0.15, 0.2) is 0 Å². The molecule has 2 aromatic carbocycles. The summed E-state index contributed by atoms with van der Waals surface area (Å²) in [6.45, 7) is 7.00. The Morgan fingerprint density at radius 1 is 0.959 bits per heavy atom. The number of hydrogen-bond donors (Lipinski definition) is 2. The van der Waals surface area contributed by atoms with Crippen molar-refractivity contribution in [2.75, 3.05) is 20.1 Å². The molecule has 49 heavy (non-hydrogen) atoms. The van der Waals surface area contributed by atoms with Crippen molar-refractivity contribution >= 4 is 11.9 Å². The molecule has 1 heterocycles. The van der Waals surface area contributed by atoms with Gasteiger partial charge in [-0.05, 0) is 117 Å². The van der Waals surface area contributed by atoms with Gasteiger partial charge in [-0.3, -0.25) is 14.2 Å². The van der Waals surface area contributed by atoms with Crippen LogP contribution < -0.4 is 11.4 Å². The quantitative estimate of drug-likeness (QED) is 0.110. The van der Waals surface area contributed by atoms with Gasteiger partial charge in [0.1, 0.15) is 17.7 Å². The van der Waals surface area contributed by atoms with E-state index in [4.69, 9.17) is 10.8 Å². The van der Waals surface area contributed by atoms with Gasteiger partial charge in [0.05, 0.1) is 5.56 Å². The first-order valence-corrected chi connectivity index (χ1v) is 16.5. The summed E-state index contributed by atoms with van der Waals surface area (Å²) in [5.41, 5.74) is 5.99. The van der Waals surface area contributed by atoms with Gasteiger partial charge in [-0.1, -0.05) is 32.6 Å². The van der Waals surface area contributed by atoms with Crippen molar-refractivity contribution in [3.63, 3.8) is 0 Å². The Kier molecular flexibility index (Phi) is 14.0. The summed E-state index contributed by atoms with van der Waals surface area (Å²) >= 11 is 0. The largest absolute Gasteiger partial charge is 0.481 e. The van der Waals surface area contributed by atoms with Crippen molar-refractivity contribution in [3.05, 3.63) is 86.1 Å². The molecule has 0 saturated carbocycles. The van der Waals surface area contributed by atoms with Crippen molar-refractivity contribution in [1.29, 1.82) is 0 Å². The highest BCUT2D eigenvalue weighted by Gasteiger charge is 2.36. The summed E-state index contributed by atoms with van der Waals surface area (Å²) in [6.07, 6.45) is 0.329. The van der Waals surface area contributed by atoms with Crippen LogP contribution in [0.2, 0.25) is 0 Å². The summed E-state index contributed by atoms with van der Waals surface area (Å²) < 4.78 is 72.0. The number of likely N-dealkylation sites (N-methyl/N-ethyl adjacent to an activating group) is 1. The van der Waals surface area contributed by atoms with Gasteiger partial charge in [0.2, 0.25) is 5.91 Å². The van der Waals surface area contributed by atoms with Gasteiger partial charge in [-0.2, -0.15) is 18.2 Å². The van der Waals surface area contributed by atoms with Gasteiger partial charge in [-0.25, -0.2) is 13.6 Å². The number of carbonyl (C=O) groups excluding carboxylic acids is 1. The number of unbranched alkanes of at least 4 members (excludes halogenated alkanes) is 4. The maximum Gasteiger partial charge on any atom is 0.419 e. The van der Waals surface area contributed by atoms with E-state index in [0.717, 1.165) is 25.1 Å². The second-order valence-corrected chi connectivity index (χ2v) is 12.6. The van der Waals surface area contributed by atoms with Crippen molar-refractivity contribution in [2.24, 2.45) is 5.73 Å².